The van der Waals surface area contributed by atoms with Crippen molar-refractivity contribution in [3.63, 3.8) is 0 Å². The Hall–Kier alpha value is -1.25. The van der Waals surface area contributed by atoms with Gasteiger partial charge in [-0.25, -0.2) is 4.98 Å². The van der Waals surface area contributed by atoms with E-state index in [1.54, 1.807) is 12.3 Å². The van der Waals surface area contributed by atoms with E-state index in [-0.39, 0.29) is 0 Å². The fraction of sp³-hybridized carbons (Fsp3) is 0.267. The van der Waals surface area contributed by atoms with Gasteiger partial charge in [0, 0.05) is 5.02 Å². The molecule has 1 unspecified atom stereocenters. The zero-order valence-electron chi connectivity index (χ0n) is 10.3. The molecule has 1 fully saturated rings. The minimum atomic E-state index is 0.320. The molecule has 0 spiro atoms. The van der Waals surface area contributed by atoms with E-state index in [9.17, 15) is 0 Å². The standard InChI is InChI=1S/C15H14Cl2N2/c16-12-5-3-11(4-6-12)15(10-1-2-10)19-13-7-8-14(17)18-9-13/h3-10,15,19H,1-2H2. The Morgan fingerprint density at radius 3 is 2.37 bits per heavy atom. The first-order chi connectivity index (χ1) is 9.22. The van der Waals surface area contributed by atoms with E-state index in [2.05, 4.69) is 22.4 Å². The van der Waals surface area contributed by atoms with Crippen LogP contribution in [0.5, 0.6) is 0 Å². The van der Waals surface area contributed by atoms with Crippen LogP contribution in [-0.2, 0) is 0 Å². The second kappa shape index (κ2) is 5.40. The molecule has 2 aromatic rings. The number of halogens is 2. The summed E-state index contributed by atoms with van der Waals surface area (Å²) in [5.74, 6) is 0.692. The lowest BCUT2D eigenvalue weighted by molar-refractivity contribution is 0.678. The highest BCUT2D eigenvalue weighted by Gasteiger charge is 2.32. The molecule has 1 aromatic heterocycles. The van der Waals surface area contributed by atoms with E-state index in [1.165, 1.54) is 18.4 Å². The van der Waals surface area contributed by atoms with Crippen molar-refractivity contribution < 1.29 is 0 Å². The molecule has 3 rings (SSSR count). The summed E-state index contributed by atoms with van der Waals surface area (Å²) in [5.41, 5.74) is 2.26. The second-order valence-electron chi connectivity index (χ2n) is 4.88. The van der Waals surface area contributed by atoms with Gasteiger partial charge in [-0.1, -0.05) is 35.3 Å². The molecular formula is C15H14Cl2N2. The van der Waals surface area contributed by atoms with Gasteiger partial charge in [-0.05, 0) is 48.6 Å². The van der Waals surface area contributed by atoms with E-state index < -0.39 is 0 Å². The van der Waals surface area contributed by atoms with Gasteiger partial charge in [0.15, 0.2) is 0 Å². The summed E-state index contributed by atoms with van der Waals surface area (Å²) in [5, 5.41) is 4.82. The van der Waals surface area contributed by atoms with Crippen molar-refractivity contribution in [1.29, 1.82) is 0 Å². The highest BCUT2D eigenvalue weighted by atomic mass is 35.5. The molecule has 0 amide bonds. The van der Waals surface area contributed by atoms with E-state index in [4.69, 9.17) is 23.2 Å². The van der Waals surface area contributed by atoms with Crippen LogP contribution >= 0.6 is 23.2 Å². The highest BCUT2D eigenvalue weighted by Crippen LogP contribution is 2.43. The minimum absolute atomic E-state index is 0.320. The van der Waals surface area contributed by atoms with E-state index in [0.717, 1.165) is 10.7 Å². The maximum Gasteiger partial charge on any atom is 0.129 e. The van der Waals surface area contributed by atoms with Crippen LogP contribution in [0.15, 0.2) is 42.6 Å². The van der Waals surface area contributed by atoms with Gasteiger partial charge in [-0.3, -0.25) is 0 Å². The normalized spacial score (nSPS) is 16.1. The topological polar surface area (TPSA) is 24.9 Å². The van der Waals surface area contributed by atoms with Gasteiger partial charge >= 0.3 is 0 Å². The zero-order valence-corrected chi connectivity index (χ0v) is 11.8. The molecule has 2 nitrogen and oxygen atoms in total. The maximum absolute atomic E-state index is 5.94. The number of benzene rings is 1. The fourth-order valence-corrected chi connectivity index (χ4v) is 2.45. The third-order valence-electron chi connectivity index (χ3n) is 3.37. The van der Waals surface area contributed by atoms with Gasteiger partial charge in [-0.15, -0.1) is 0 Å². The number of hydrogen-bond donors (Lipinski definition) is 1. The van der Waals surface area contributed by atoms with Gasteiger partial charge in [0.1, 0.15) is 5.15 Å². The molecule has 19 heavy (non-hydrogen) atoms. The van der Waals surface area contributed by atoms with Gasteiger partial charge in [0.05, 0.1) is 17.9 Å². The Kier molecular flexibility index (Phi) is 3.63. The van der Waals surface area contributed by atoms with Crippen LogP contribution in [0, 0.1) is 5.92 Å². The van der Waals surface area contributed by atoms with Crippen molar-refractivity contribution in [3.05, 3.63) is 58.3 Å². The van der Waals surface area contributed by atoms with Crippen molar-refractivity contribution in [3.8, 4) is 0 Å². The van der Waals surface area contributed by atoms with Gasteiger partial charge in [-0.2, -0.15) is 0 Å². The van der Waals surface area contributed by atoms with E-state index in [1.807, 2.05) is 18.2 Å². The van der Waals surface area contributed by atoms with Crippen molar-refractivity contribution in [1.82, 2.24) is 4.98 Å². The van der Waals surface area contributed by atoms with Crippen molar-refractivity contribution in [2.45, 2.75) is 18.9 Å². The molecule has 0 saturated heterocycles. The lowest BCUT2D eigenvalue weighted by Crippen LogP contribution is -2.12. The number of nitrogens with zero attached hydrogens (tertiary/aromatic N) is 1. The van der Waals surface area contributed by atoms with Crippen LogP contribution in [0.4, 0.5) is 5.69 Å². The summed E-state index contributed by atoms with van der Waals surface area (Å²) in [6.07, 6.45) is 4.30. The molecular weight excluding hydrogens is 279 g/mol. The van der Waals surface area contributed by atoms with Crippen LogP contribution in [0.3, 0.4) is 0 Å². The van der Waals surface area contributed by atoms with E-state index >= 15 is 0 Å². The van der Waals surface area contributed by atoms with Crippen LogP contribution in [0.1, 0.15) is 24.4 Å². The Bertz CT molecular complexity index is 547. The molecule has 1 aromatic carbocycles. The van der Waals surface area contributed by atoms with Crippen molar-refractivity contribution in [2.24, 2.45) is 5.92 Å². The average molecular weight is 293 g/mol. The second-order valence-corrected chi connectivity index (χ2v) is 5.70. The Morgan fingerprint density at radius 1 is 1.05 bits per heavy atom. The fourth-order valence-electron chi connectivity index (χ4n) is 2.21. The maximum atomic E-state index is 5.94. The minimum Gasteiger partial charge on any atom is -0.377 e. The summed E-state index contributed by atoms with van der Waals surface area (Å²) >= 11 is 11.7. The van der Waals surface area contributed by atoms with Crippen LogP contribution in [0.25, 0.3) is 0 Å². The summed E-state index contributed by atoms with van der Waals surface area (Å²) in [4.78, 5) is 4.10. The molecule has 1 atom stereocenters. The van der Waals surface area contributed by atoms with Crippen LogP contribution in [-0.4, -0.2) is 4.98 Å². The molecule has 98 valence electrons. The predicted molar refractivity (Wildman–Crippen MR) is 79.8 cm³/mol. The Balaban J connectivity index is 1.81. The third kappa shape index (κ3) is 3.20. The molecule has 1 N–H and O–H groups in total. The predicted octanol–water partition coefficient (Wildman–Crippen LogP) is 4.95. The first-order valence-electron chi connectivity index (χ1n) is 6.36. The van der Waals surface area contributed by atoms with Crippen molar-refractivity contribution in [2.75, 3.05) is 5.32 Å². The SMILES string of the molecule is Clc1ccc(C(Nc2ccc(Cl)nc2)C2CC2)cc1. The number of aromatic nitrogens is 1. The van der Waals surface area contributed by atoms with Crippen molar-refractivity contribution >= 4 is 28.9 Å². The van der Waals surface area contributed by atoms with E-state index in [0.29, 0.717) is 17.1 Å². The van der Waals surface area contributed by atoms with Gasteiger partial charge in [0.2, 0.25) is 0 Å². The first kappa shape index (κ1) is 12.8. The largest absolute Gasteiger partial charge is 0.377 e. The summed E-state index contributed by atoms with van der Waals surface area (Å²) in [6.45, 7) is 0. The molecule has 1 aliphatic carbocycles. The third-order valence-corrected chi connectivity index (χ3v) is 3.85. The number of rotatable bonds is 4. The number of hydrogen-bond acceptors (Lipinski definition) is 2. The number of nitrogens with one attached hydrogen (secondary N) is 1. The monoisotopic (exact) mass is 292 g/mol. The summed E-state index contributed by atoms with van der Waals surface area (Å²) in [6, 6.07) is 12.1. The molecule has 1 saturated carbocycles. The number of pyridine rings is 1. The lowest BCUT2D eigenvalue weighted by Gasteiger charge is -2.20. The lowest BCUT2D eigenvalue weighted by atomic mass is 10.0. The summed E-state index contributed by atoms with van der Waals surface area (Å²) in [7, 11) is 0. The quantitative estimate of drug-likeness (QED) is 0.807. The van der Waals surface area contributed by atoms with Gasteiger partial charge in [0.25, 0.3) is 0 Å². The zero-order chi connectivity index (χ0) is 13.2. The summed E-state index contributed by atoms with van der Waals surface area (Å²) < 4.78 is 0. The molecule has 1 heterocycles. The molecule has 4 heteroatoms. The Morgan fingerprint density at radius 2 is 1.79 bits per heavy atom. The van der Waals surface area contributed by atoms with Crippen LogP contribution < -0.4 is 5.32 Å². The molecule has 0 aliphatic heterocycles. The highest BCUT2D eigenvalue weighted by molar-refractivity contribution is 6.30. The average Bonchev–Trinajstić information content (AvgIpc) is 3.24. The molecule has 0 radical (unpaired) electrons. The molecule has 1 aliphatic rings. The number of anilines is 1. The Labute approximate surface area is 122 Å². The smallest absolute Gasteiger partial charge is 0.129 e. The first-order valence-corrected chi connectivity index (χ1v) is 7.11. The molecule has 0 bridgehead atoms. The van der Waals surface area contributed by atoms with Crippen LogP contribution in [0.2, 0.25) is 10.2 Å². The van der Waals surface area contributed by atoms with Gasteiger partial charge < -0.3 is 5.32 Å².